The summed E-state index contributed by atoms with van der Waals surface area (Å²) < 4.78 is 11.9. The number of rotatable bonds is 20. The van der Waals surface area contributed by atoms with E-state index in [1.54, 1.807) is 68.4 Å². The van der Waals surface area contributed by atoms with Gasteiger partial charge in [0.05, 0.1) is 43.5 Å². The molecule has 0 aromatic rings. The van der Waals surface area contributed by atoms with E-state index >= 15 is 14.4 Å². The molecule has 14 atom stereocenters. The number of hydrogen-bond donors (Lipinski definition) is 3. The van der Waals surface area contributed by atoms with Crippen LogP contribution in [0.3, 0.4) is 0 Å². The van der Waals surface area contributed by atoms with Crippen LogP contribution in [0.4, 0.5) is 0 Å². The van der Waals surface area contributed by atoms with Gasteiger partial charge in [-0.2, -0.15) is 0 Å². The summed E-state index contributed by atoms with van der Waals surface area (Å²) in [6.45, 7) is 34.1. The molecule has 3 N–H and O–H groups in total. The van der Waals surface area contributed by atoms with Gasteiger partial charge in [-0.3, -0.25) is 57.6 Å². The zero-order valence-electron chi connectivity index (χ0n) is 61.1. The Kier molecular flexibility index (Phi) is 36.1. The van der Waals surface area contributed by atoms with E-state index in [1.165, 1.54) is 61.8 Å². The number of aliphatic hydroxyl groups excluding tert-OH is 1. The van der Waals surface area contributed by atoms with E-state index in [4.69, 9.17) is 9.47 Å². The van der Waals surface area contributed by atoms with Crippen molar-refractivity contribution in [2.75, 3.05) is 74.7 Å². The smallest absolute Gasteiger partial charge is 0.246 e. The summed E-state index contributed by atoms with van der Waals surface area (Å²) in [7, 11) is 7.31. The number of amides is 7. The third-order valence-corrected chi connectivity index (χ3v) is 18.8. The maximum absolute atomic E-state index is 15.2. The monoisotopic (exact) mass is 1310 g/mol. The zero-order chi connectivity index (χ0) is 71.0. The molecule has 532 valence electrons. The van der Waals surface area contributed by atoms with Gasteiger partial charge in [-0.25, -0.2) is 0 Å². The number of carbonyl (C=O) groups excluding carboxylic acids is 11. The molecule has 22 heteroatoms. The van der Waals surface area contributed by atoms with E-state index in [0.29, 0.717) is 26.1 Å². The van der Waals surface area contributed by atoms with E-state index in [-0.39, 0.29) is 75.7 Å². The van der Waals surface area contributed by atoms with Crippen LogP contribution in [0, 0.1) is 59.2 Å². The molecular formula is C71H124N8O14. The molecule has 0 aromatic heterocycles. The Morgan fingerprint density at radius 1 is 0.548 bits per heavy atom. The lowest BCUT2D eigenvalue weighted by Crippen LogP contribution is -2.62. The molecule has 2 heterocycles. The molecule has 22 nitrogen and oxygen atoms in total. The Labute approximate surface area is 558 Å². The van der Waals surface area contributed by atoms with Crippen LogP contribution >= 0.6 is 0 Å². The minimum Gasteiger partial charge on any atom is -0.390 e. The second-order valence-electron chi connectivity index (χ2n) is 29.0. The molecule has 0 aliphatic carbocycles. The van der Waals surface area contributed by atoms with Crippen molar-refractivity contribution in [3.8, 4) is 0 Å². The number of unbranched alkanes of at least 4 members (excludes halogenated alkanes) is 1. The van der Waals surface area contributed by atoms with Crippen LogP contribution in [0.1, 0.15) is 188 Å². The molecular weight excluding hydrogens is 1190 g/mol. The number of morpholine rings is 1. The Morgan fingerprint density at radius 3 is 1.58 bits per heavy atom. The summed E-state index contributed by atoms with van der Waals surface area (Å²) >= 11 is 0. The molecule has 2 fully saturated rings. The largest absolute Gasteiger partial charge is 0.390 e. The standard InChI is InChI=1S/C71H124N8O14/c1-23-25-28-47(13)64(84)63-66(86)73-54(24-2)57(80)39-49(15)67(87)77(21)62(51(17)93-32-27-26-29-79-30-33-92-34-31-79)60(83)41-53(45(9)10)70(90)75(19)55(36-43(5)6)58(81)38-48(14)65(85)72-50(16)68(88)74(18)56(37-44(7)8)59(82)40-52(35-42(3)4)69(89)76(20)61(46(11)12)71(91)78(63)22/h23,25,42-56,61-64,84H,24,26-41H2,1-22H3,(H,72,85)(H,73,86)/b25-23+/t47-,48-,49+,50-,51-,52-,53+,54+,55+,56+,61+,62+,63+,64-/m1/s1. The first kappa shape index (κ1) is 83.6. The van der Waals surface area contributed by atoms with E-state index in [2.05, 4.69) is 15.5 Å². The summed E-state index contributed by atoms with van der Waals surface area (Å²) in [4.78, 5) is 171. The molecule has 2 aliphatic heterocycles. The third-order valence-electron chi connectivity index (χ3n) is 18.8. The molecule has 7 amide bonds. The van der Waals surface area contributed by atoms with Gasteiger partial charge in [0.2, 0.25) is 41.4 Å². The highest BCUT2D eigenvalue weighted by molar-refractivity contribution is 6.00. The number of nitrogens with one attached hydrogen (secondary N) is 2. The van der Waals surface area contributed by atoms with Crippen LogP contribution in [0.2, 0.25) is 0 Å². The summed E-state index contributed by atoms with van der Waals surface area (Å²) in [5, 5.41) is 17.7. The fraction of sp³-hybridized carbons (Fsp3) is 0.817. The number of allylic oxidation sites excluding steroid dienone is 2. The molecule has 0 radical (unpaired) electrons. The van der Waals surface area contributed by atoms with Crippen LogP contribution in [0.5, 0.6) is 0 Å². The van der Waals surface area contributed by atoms with Crippen molar-refractivity contribution in [1.29, 1.82) is 0 Å². The van der Waals surface area contributed by atoms with Crippen molar-refractivity contribution in [3.63, 3.8) is 0 Å². The summed E-state index contributed by atoms with van der Waals surface area (Å²) in [5.41, 5.74) is 0. The third kappa shape index (κ3) is 25.2. The summed E-state index contributed by atoms with van der Waals surface area (Å²) in [6.07, 6.45) is 2.48. The number of ketones is 4. The molecule has 2 aliphatic rings. The summed E-state index contributed by atoms with van der Waals surface area (Å²) in [6, 6.07) is -8.42. The SMILES string of the molecule is C/C=C/C[C@@H](C)[C@@H](O)[C@H]1C(=O)N[C@@H](CC)C(=O)C[C@H](C)C(=O)N(C)[C@@H]([C@@H](C)OCCCCN2CCOCC2)C(=O)C[C@@H](C(C)C)C(=O)N(C)[C@@H](CC(C)C)C(=O)C[C@@H](C)C(=O)N[C@H](C)C(=O)N(C)[C@@H](CC(C)C)C(=O)C[C@@H](CC(C)C)C(=O)N(C)[C@@H](C(C)C)C(=O)N1C. The topological polar surface area (TPSA) is 270 Å². The lowest BCUT2D eigenvalue weighted by Gasteiger charge is -2.40. The Hall–Kier alpha value is -5.45. The van der Waals surface area contributed by atoms with Gasteiger partial charge >= 0.3 is 0 Å². The highest BCUT2D eigenvalue weighted by Gasteiger charge is 2.45. The van der Waals surface area contributed by atoms with Gasteiger partial charge in [0.1, 0.15) is 24.2 Å². The van der Waals surface area contributed by atoms with Crippen molar-refractivity contribution in [2.45, 2.75) is 243 Å². The Morgan fingerprint density at radius 2 is 1.06 bits per heavy atom. The minimum absolute atomic E-state index is 0.0625. The molecule has 93 heavy (non-hydrogen) atoms. The first-order valence-corrected chi connectivity index (χ1v) is 34.6. The Balaban J connectivity index is 2.94. The van der Waals surface area contributed by atoms with Gasteiger partial charge in [-0.15, -0.1) is 0 Å². The van der Waals surface area contributed by atoms with Crippen molar-refractivity contribution in [1.82, 2.24) is 40.0 Å². The van der Waals surface area contributed by atoms with Gasteiger partial charge in [-0.05, 0) is 108 Å². The molecule has 2 saturated heterocycles. The average molecular weight is 1310 g/mol. The van der Waals surface area contributed by atoms with Crippen molar-refractivity contribution in [3.05, 3.63) is 12.2 Å². The van der Waals surface area contributed by atoms with E-state index < -0.39 is 160 Å². The van der Waals surface area contributed by atoms with Crippen LogP contribution in [0.15, 0.2) is 12.2 Å². The fourth-order valence-corrected chi connectivity index (χ4v) is 13.0. The fourth-order valence-electron chi connectivity index (χ4n) is 13.0. The molecule has 2 rings (SSSR count). The van der Waals surface area contributed by atoms with Gasteiger partial charge in [0.25, 0.3) is 0 Å². The number of Topliss-reactive ketones (excluding diaryl/α,β-unsaturated/α-hetero) is 4. The number of nitrogens with zero attached hydrogens (tertiary/aromatic N) is 6. The molecule has 0 saturated carbocycles. The first-order chi connectivity index (χ1) is 43.4. The lowest BCUT2D eigenvalue weighted by atomic mass is 9.85. The molecule has 0 bridgehead atoms. The normalized spacial score (nSPS) is 28.0. The number of hydrogen-bond acceptors (Lipinski definition) is 15. The molecule has 0 aromatic carbocycles. The first-order valence-electron chi connectivity index (χ1n) is 34.6. The van der Waals surface area contributed by atoms with Crippen LogP contribution < -0.4 is 10.6 Å². The van der Waals surface area contributed by atoms with Crippen molar-refractivity contribution >= 4 is 64.5 Å². The minimum atomic E-state index is -1.59. The number of carbonyl (C=O) groups is 11. The Bertz CT molecular complexity index is 2500. The van der Waals surface area contributed by atoms with Gasteiger partial charge in [0, 0.05) is 104 Å². The predicted octanol–water partition coefficient (Wildman–Crippen LogP) is 6.81. The van der Waals surface area contributed by atoms with Crippen LogP contribution in [0.25, 0.3) is 0 Å². The number of likely N-dealkylation sites (N-methyl/N-ethyl adjacent to an activating group) is 5. The maximum Gasteiger partial charge on any atom is 0.246 e. The average Bonchev–Trinajstić information content (AvgIpc) is 0.830. The van der Waals surface area contributed by atoms with E-state index in [0.717, 1.165) is 31.0 Å². The number of aliphatic hydroxyl groups is 1. The second kappa shape index (κ2) is 40.2. The van der Waals surface area contributed by atoms with E-state index in [9.17, 15) is 43.5 Å². The molecule has 0 spiro atoms. The van der Waals surface area contributed by atoms with Crippen LogP contribution in [-0.4, -0.2) is 228 Å². The van der Waals surface area contributed by atoms with Crippen LogP contribution in [-0.2, 0) is 62.2 Å². The number of ether oxygens (including phenoxy) is 2. The summed E-state index contributed by atoms with van der Waals surface area (Å²) in [5.74, 6) is -11.9. The van der Waals surface area contributed by atoms with Crippen molar-refractivity contribution in [2.24, 2.45) is 59.2 Å². The maximum atomic E-state index is 15.2. The van der Waals surface area contributed by atoms with Gasteiger partial charge < -0.3 is 49.7 Å². The highest BCUT2D eigenvalue weighted by atomic mass is 16.5. The van der Waals surface area contributed by atoms with E-state index in [1.807, 2.05) is 54.5 Å². The second-order valence-corrected chi connectivity index (χ2v) is 29.0. The van der Waals surface area contributed by atoms with Gasteiger partial charge in [-0.1, -0.05) is 109 Å². The van der Waals surface area contributed by atoms with Crippen molar-refractivity contribution < 1.29 is 67.3 Å². The zero-order valence-corrected chi connectivity index (χ0v) is 61.1. The molecule has 0 unspecified atom stereocenters. The highest BCUT2D eigenvalue weighted by Crippen LogP contribution is 2.30. The predicted molar refractivity (Wildman–Crippen MR) is 361 cm³/mol. The lowest BCUT2D eigenvalue weighted by molar-refractivity contribution is -0.155. The van der Waals surface area contributed by atoms with Gasteiger partial charge in [0.15, 0.2) is 23.1 Å². The quantitative estimate of drug-likeness (QED) is 0.0835.